The minimum Gasteiger partial charge on any atom is -0.462 e. The smallest absolute Gasteiger partial charge is 0.338 e. The molecule has 4 heteroatoms. The van der Waals surface area contributed by atoms with Crippen LogP contribution in [0.25, 0.3) is 0 Å². The van der Waals surface area contributed by atoms with E-state index in [9.17, 15) is 9.59 Å². The third kappa shape index (κ3) is 3.42. The zero-order chi connectivity index (χ0) is 11.3. The summed E-state index contributed by atoms with van der Waals surface area (Å²) in [6.45, 7) is 2.10. The average Bonchev–Trinajstić information content (AvgIpc) is 2.18. The van der Waals surface area contributed by atoms with Gasteiger partial charge in [0.15, 0.2) is 0 Å². The average molecular weight is 207 g/mol. The lowest BCUT2D eigenvalue weighted by atomic mass is 10.1. The van der Waals surface area contributed by atoms with Crippen LogP contribution in [0.1, 0.15) is 22.8 Å². The molecule has 0 fully saturated rings. The van der Waals surface area contributed by atoms with Crippen LogP contribution >= 0.6 is 0 Å². The molecule has 15 heavy (non-hydrogen) atoms. The number of esters is 1. The summed E-state index contributed by atoms with van der Waals surface area (Å²) in [7, 11) is 0. The van der Waals surface area contributed by atoms with Crippen molar-refractivity contribution in [2.24, 2.45) is 5.73 Å². The molecule has 0 aliphatic carbocycles. The van der Waals surface area contributed by atoms with Gasteiger partial charge in [0.05, 0.1) is 18.6 Å². The molecule has 1 amide bonds. The Kier molecular flexibility index (Phi) is 3.85. The van der Waals surface area contributed by atoms with E-state index in [1.807, 2.05) is 0 Å². The lowest BCUT2D eigenvalue weighted by molar-refractivity contribution is -0.117. The normalized spacial score (nSPS) is 9.67. The van der Waals surface area contributed by atoms with E-state index in [-0.39, 0.29) is 18.3 Å². The number of benzene rings is 1. The maximum Gasteiger partial charge on any atom is 0.338 e. The largest absolute Gasteiger partial charge is 0.462 e. The van der Waals surface area contributed by atoms with Gasteiger partial charge in [-0.3, -0.25) is 4.79 Å². The van der Waals surface area contributed by atoms with Gasteiger partial charge in [0, 0.05) is 0 Å². The standard InChI is InChI=1S/C11H13NO3/c1-2-15-11(14)9-5-3-8(4-6-9)7-10(12)13/h3-6H,2,7H2,1H3,(H2,12,13). The maximum atomic E-state index is 11.3. The number of amides is 1. The monoisotopic (exact) mass is 207 g/mol. The van der Waals surface area contributed by atoms with Crippen LogP contribution < -0.4 is 5.73 Å². The highest BCUT2D eigenvalue weighted by Gasteiger charge is 2.06. The third-order valence-electron chi connectivity index (χ3n) is 1.84. The van der Waals surface area contributed by atoms with Gasteiger partial charge in [-0.25, -0.2) is 4.79 Å². The highest BCUT2D eigenvalue weighted by atomic mass is 16.5. The minimum absolute atomic E-state index is 0.184. The summed E-state index contributed by atoms with van der Waals surface area (Å²) in [5.41, 5.74) is 6.30. The van der Waals surface area contributed by atoms with Crippen molar-refractivity contribution in [1.29, 1.82) is 0 Å². The van der Waals surface area contributed by atoms with E-state index in [1.165, 1.54) is 0 Å². The molecule has 0 atom stereocenters. The Balaban J connectivity index is 2.71. The van der Waals surface area contributed by atoms with E-state index in [0.29, 0.717) is 12.2 Å². The van der Waals surface area contributed by atoms with Gasteiger partial charge in [-0.05, 0) is 24.6 Å². The molecule has 0 saturated heterocycles. The van der Waals surface area contributed by atoms with E-state index < -0.39 is 0 Å². The van der Waals surface area contributed by atoms with Crippen molar-refractivity contribution in [2.75, 3.05) is 6.61 Å². The molecule has 0 heterocycles. The molecule has 0 aliphatic heterocycles. The molecule has 1 rings (SSSR count). The Morgan fingerprint density at radius 1 is 1.27 bits per heavy atom. The van der Waals surface area contributed by atoms with E-state index >= 15 is 0 Å². The molecule has 0 spiro atoms. The molecule has 0 unspecified atom stereocenters. The Morgan fingerprint density at radius 3 is 2.33 bits per heavy atom. The molecule has 4 nitrogen and oxygen atoms in total. The summed E-state index contributed by atoms with van der Waals surface area (Å²) in [4.78, 5) is 21.9. The molecule has 0 saturated carbocycles. The highest BCUT2D eigenvalue weighted by molar-refractivity contribution is 5.89. The Hall–Kier alpha value is -1.84. The number of carbonyl (C=O) groups is 2. The topological polar surface area (TPSA) is 69.4 Å². The predicted octanol–water partition coefficient (Wildman–Crippen LogP) is 0.891. The number of primary amides is 1. The van der Waals surface area contributed by atoms with Crippen LogP contribution in [0.3, 0.4) is 0 Å². The van der Waals surface area contributed by atoms with Crippen LogP contribution in [-0.2, 0) is 16.0 Å². The summed E-state index contributed by atoms with van der Waals surface area (Å²) >= 11 is 0. The predicted molar refractivity (Wildman–Crippen MR) is 55.3 cm³/mol. The molecule has 1 aromatic carbocycles. The lowest BCUT2D eigenvalue weighted by Crippen LogP contribution is -2.13. The number of ether oxygens (including phenoxy) is 1. The molecule has 0 aliphatic rings. The molecular weight excluding hydrogens is 194 g/mol. The van der Waals surface area contributed by atoms with Crippen molar-refractivity contribution in [3.63, 3.8) is 0 Å². The maximum absolute atomic E-state index is 11.3. The van der Waals surface area contributed by atoms with Crippen molar-refractivity contribution in [1.82, 2.24) is 0 Å². The first kappa shape index (κ1) is 11.2. The van der Waals surface area contributed by atoms with E-state index in [0.717, 1.165) is 5.56 Å². The summed E-state index contributed by atoms with van der Waals surface area (Å²) in [6.07, 6.45) is 0.184. The van der Waals surface area contributed by atoms with E-state index in [1.54, 1.807) is 31.2 Å². The third-order valence-corrected chi connectivity index (χ3v) is 1.84. The van der Waals surface area contributed by atoms with Crippen LogP contribution in [0, 0.1) is 0 Å². The zero-order valence-electron chi connectivity index (χ0n) is 8.53. The van der Waals surface area contributed by atoms with Crippen LogP contribution in [0.2, 0.25) is 0 Å². The van der Waals surface area contributed by atoms with Gasteiger partial charge < -0.3 is 10.5 Å². The second-order valence-corrected chi connectivity index (χ2v) is 3.06. The van der Waals surface area contributed by atoms with Gasteiger partial charge in [-0.2, -0.15) is 0 Å². The fourth-order valence-corrected chi connectivity index (χ4v) is 1.17. The molecule has 0 aromatic heterocycles. The SMILES string of the molecule is CCOC(=O)c1ccc(CC(N)=O)cc1. The molecular formula is C11H13NO3. The van der Waals surface area contributed by atoms with Gasteiger partial charge in [-0.15, -0.1) is 0 Å². The Morgan fingerprint density at radius 2 is 1.87 bits per heavy atom. The van der Waals surface area contributed by atoms with Gasteiger partial charge in [0.1, 0.15) is 0 Å². The lowest BCUT2D eigenvalue weighted by Gasteiger charge is -2.02. The van der Waals surface area contributed by atoms with Crippen LogP contribution in [0.4, 0.5) is 0 Å². The number of hydrogen-bond donors (Lipinski definition) is 1. The second-order valence-electron chi connectivity index (χ2n) is 3.06. The Bertz CT molecular complexity index is 357. The first-order chi connectivity index (χ1) is 7.13. The molecule has 80 valence electrons. The summed E-state index contributed by atoms with van der Waals surface area (Å²) < 4.78 is 4.82. The summed E-state index contributed by atoms with van der Waals surface area (Å²) in [6, 6.07) is 6.63. The van der Waals surface area contributed by atoms with Crippen molar-refractivity contribution < 1.29 is 14.3 Å². The van der Waals surface area contributed by atoms with Crippen molar-refractivity contribution in [3.8, 4) is 0 Å². The van der Waals surface area contributed by atoms with E-state index in [2.05, 4.69) is 0 Å². The fraction of sp³-hybridized carbons (Fsp3) is 0.273. The number of carbonyl (C=O) groups excluding carboxylic acids is 2. The highest BCUT2D eigenvalue weighted by Crippen LogP contribution is 2.06. The second kappa shape index (κ2) is 5.14. The molecule has 2 N–H and O–H groups in total. The van der Waals surface area contributed by atoms with E-state index in [4.69, 9.17) is 10.5 Å². The van der Waals surface area contributed by atoms with Crippen LogP contribution in [0.15, 0.2) is 24.3 Å². The summed E-state index contributed by atoms with van der Waals surface area (Å²) in [5, 5.41) is 0. The number of rotatable bonds is 4. The zero-order valence-corrected chi connectivity index (χ0v) is 8.53. The van der Waals surface area contributed by atoms with Gasteiger partial charge in [0.25, 0.3) is 0 Å². The molecule has 0 bridgehead atoms. The molecule has 0 radical (unpaired) electrons. The number of hydrogen-bond acceptors (Lipinski definition) is 3. The van der Waals surface area contributed by atoms with Gasteiger partial charge in [0.2, 0.25) is 5.91 Å². The summed E-state index contributed by atoms with van der Waals surface area (Å²) in [5.74, 6) is -0.748. The fourth-order valence-electron chi connectivity index (χ4n) is 1.17. The Labute approximate surface area is 88.0 Å². The van der Waals surface area contributed by atoms with Crippen LogP contribution in [0.5, 0.6) is 0 Å². The number of nitrogens with two attached hydrogens (primary N) is 1. The van der Waals surface area contributed by atoms with Crippen molar-refractivity contribution in [3.05, 3.63) is 35.4 Å². The van der Waals surface area contributed by atoms with Crippen LogP contribution in [-0.4, -0.2) is 18.5 Å². The molecule has 1 aromatic rings. The van der Waals surface area contributed by atoms with Crippen molar-refractivity contribution >= 4 is 11.9 Å². The first-order valence-corrected chi connectivity index (χ1v) is 4.68. The van der Waals surface area contributed by atoms with Crippen molar-refractivity contribution in [2.45, 2.75) is 13.3 Å². The first-order valence-electron chi connectivity index (χ1n) is 4.68. The van der Waals surface area contributed by atoms with Gasteiger partial charge >= 0.3 is 5.97 Å². The minimum atomic E-state index is -0.390. The quantitative estimate of drug-likeness (QED) is 0.745. The van der Waals surface area contributed by atoms with Gasteiger partial charge in [-0.1, -0.05) is 12.1 Å².